The van der Waals surface area contributed by atoms with E-state index >= 15 is 0 Å². The number of nitrogens with one attached hydrogen (secondary N) is 1. The second-order valence-corrected chi connectivity index (χ2v) is 11.4. The number of hydrogen-bond acceptors (Lipinski definition) is 9. The summed E-state index contributed by atoms with van der Waals surface area (Å²) in [6, 6.07) is 14.2. The number of β-lactam (4-membered cyclic amide) rings is 1. The minimum Gasteiger partial charge on any atom is -0.484 e. The third-order valence-electron chi connectivity index (χ3n) is 7.64. The number of benzene rings is 2. The lowest BCUT2D eigenvalue weighted by Gasteiger charge is -2.51. The van der Waals surface area contributed by atoms with Gasteiger partial charge in [-0.25, -0.2) is 4.79 Å². The maximum atomic E-state index is 13.5. The number of carbonyl (C=O) groups is 3. The molecule has 1 saturated heterocycles. The molecule has 216 valence electrons. The van der Waals surface area contributed by atoms with Gasteiger partial charge in [-0.05, 0) is 42.7 Å². The van der Waals surface area contributed by atoms with Crippen LogP contribution in [0.2, 0.25) is 0 Å². The van der Waals surface area contributed by atoms with Gasteiger partial charge in [0, 0.05) is 31.0 Å². The van der Waals surface area contributed by atoms with Crippen LogP contribution in [0, 0.1) is 10.1 Å². The van der Waals surface area contributed by atoms with Crippen molar-refractivity contribution in [1.82, 2.24) is 15.1 Å². The highest BCUT2D eigenvalue weighted by atomic mass is 32.2. The van der Waals surface area contributed by atoms with Gasteiger partial charge in [0.25, 0.3) is 17.5 Å². The lowest BCUT2D eigenvalue weighted by molar-refractivity contribution is -0.384. The number of para-hydroxylation sites is 1. The molecule has 1 saturated carbocycles. The Hall–Kier alpha value is -4.06. The van der Waals surface area contributed by atoms with Crippen LogP contribution >= 0.6 is 11.8 Å². The molecule has 0 unspecified atom stereocenters. The third kappa shape index (κ3) is 6.32. The molecule has 2 fully saturated rings. The number of carbonyl (C=O) groups excluding carboxylic acids is 3. The first kappa shape index (κ1) is 28.5. The Morgan fingerprint density at radius 1 is 1.10 bits per heavy atom. The van der Waals surface area contributed by atoms with Crippen molar-refractivity contribution in [2.75, 3.05) is 19.4 Å². The average Bonchev–Trinajstić information content (AvgIpc) is 3.01. The van der Waals surface area contributed by atoms with Gasteiger partial charge in [0.2, 0.25) is 0 Å². The van der Waals surface area contributed by atoms with Crippen LogP contribution in [0.25, 0.3) is 0 Å². The molecule has 2 aliphatic heterocycles. The molecule has 12 heteroatoms. The van der Waals surface area contributed by atoms with Gasteiger partial charge in [0.05, 0.1) is 10.6 Å². The topological polar surface area (TPSA) is 131 Å². The predicted octanol–water partition coefficient (Wildman–Crippen LogP) is 3.59. The van der Waals surface area contributed by atoms with Gasteiger partial charge < -0.3 is 19.7 Å². The summed E-state index contributed by atoms with van der Waals surface area (Å²) in [6.07, 6.45) is 5.42. The number of fused-ring (bicyclic) bond motifs is 1. The molecule has 41 heavy (non-hydrogen) atoms. The van der Waals surface area contributed by atoms with Crippen LogP contribution in [0.4, 0.5) is 5.69 Å². The van der Waals surface area contributed by atoms with Crippen LogP contribution in [0.1, 0.15) is 37.7 Å². The van der Waals surface area contributed by atoms with Crippen molar-refractivity contribution in [1.29, 1.82) is 0 Å². The fourth-order valence-corrected chi connectivity index (χ4v) is 6.77. The number of non-ortho nitro benzene ring substituents is 1. The van der Waals surface area contributed by atoms with E-state index in [-0.39, 0.29) is 36.5 Å². The van der Waals surface area contributed by atoms with Crippen molar-refractivity contribution < 1.29 is 28.8 Å². The van der Waals surface area contributed by atoms with Crippen molar-refractivity contribution in [3.8, 4) is 5.75 Å². The lowest BCUT2D eigenvalue weighted by atomic mass is 9.94. The number of nitro groups is 1. The summed E-state index contributed by atoms with van der Waals surface area (Å²) >= 11 is 1.50. The molecule has 2 atom stereocenters. The Morgan fingerprint density at radius 2 is 1.80 bits per heavy atom. The Morgan fingerprint density at radius 3 is 2.49 bits per heavy atom. The van der Waals surface area contributed by atoms with Crippen LogP contribution in [0.3, 0.4) is 0 Å². The van der Waals surface area contributed by atoms with Gasteiger partial charge in [0.15, 0.2) is 12.3 Å². The zero-order valence-corrected chi connectivity index (χ0v) is 23.5. The van der Waals surface area contributed by atoms with E-state index in [4.69, 9.17) is 9.47 Å². The average molecular weight is 581 g/mol. The molecule has 2 amide bonds. The Balaban J connectivity index is 1.30. The molecule has 1 N–H and O–H groups in total. The van der Waals surface area contributed by atoms with E-state index in [1.54, 1.807) is 24.3 Å². The number of rotatable bonds is 10. The van der Waals surface area contributed by atoms with Gasteiger partial charge in [0.1, 0.15) is 23.8 Å². The zero-order chi connectivity index (χ0) is 28.9. The first-order valence-corrected chi connectivity index (χ1v) is 14.7. The number of ether oxygens (including phenoxy) is 2. The number of nitrogens with zero attached hydrogens (tertiary/aromatic N) is 3. The van der Waals surface area contributed by atoms with Crippen molar-refractivity contribution in [3.05, 3.63) is 81.7 Å². The summed E-state index contributed by atoms with van der Waals surface area (Å²) in [5.74, 6) is -0.420. The fraction of sp³-hybridized carbons (Fsp3) is 0.414. The summed E-state index contributed by atoms with van der Waals surface area (Å²) < 4.78 is 11.1. The maximum Gasteiger partial charge on any atom is 0.357 e. The van der Waals surface area contributed by atoms with E-state index in [0.29, 0.717) is 17.1 Å². The van der Waals surface area contributed by atoms with Gasteiger partial charge in [-0.1, -0.05) is 37.5 Å². The van der Waals surface area contributed by atoms with Crippen molar-refractivity contribution in [2.45, 2.75) is 56.2 Å². The summed E-state index contributed by atoms with van der Waals surface area (Å²) in [4.78, 5) is 53.5. The normalized spacial score (nSPS) is 20.5. The molecule has 0 spiro atoms. The van der Waals surface area contributed by atoms with Crippen LogP contribution in [-0.2, 0) is 25.7 Å². The van der Waals surface area contributed by atoms with Crippen LogP contribution in [-0.4, -0.2) is 69.4 Å². The molecular weight excluding hydrogens is 548 g/mol. The quantitative estimate of drug-likeness (QED) is 0.194. The number of esters is 1. The van der Waals surface area contributed by atoms with E-state index in [1.165, 1.54) is 47.3 Å². The molecule has 2 aromatic rings. The Bertz CT molecular complexity index is 1330. The summed E-state index contributed by atoms with van der Waals surface area (Å²) in [5.41, 5.74) is 1.46. The summed E-state index contributed by atoms with van der Waals surface area (Å²) in [7, 11) is 1.96. The van der Waals surface area contributed by atoms with E-state index < -0.39 is 28.2 Å². The van der Waals surface area contributed by atoms with Crippen molar-refractivity contribution in [2.24, 2.45) is 0 Å². The molecule has 3 aliphatic rings. The smallest absolute Gasteiger partial charge is 0.357 e. The largest absolute Gasteiger partial charge is 0.484 e. The Kier molecular flexibility index (Phi) is 8.77. The van der Waals surface area contributed by atoms with E-state index in [9.17, 15) is 24.5 Å². The van der Waals surface area contributed by atoms with Crippen LogP contribution in [0.5, 0.6) is 5.75 Å². The summed E-state index contributed by atoms with van der Waals surface area (Å²) in [5, 5.41) is 13.3. The number of nitro benzene ring substituents is 1. The monoisotopic (exact) mass is 580 g/mol. The summed E-state index contributed by atoms with van der Waals surface area (Å²) in [6.45, 7) is -0.335. The second kappa shape index (κ2) is 12.6. The SMILES string of the molecule is CN(C1=C(C(=O)OCc2ccc([N+](=O)[O-])cc2)N2C(=O)[C@@H](NC(=O)COc3ccccc3)[C@@H]2SC1)C1CCCCC1. The third-order valence-corrected chi connectivity index (χ3v) is 8.90. The van der Waals surface area contributed by atoms with E-state index in [1.807, 2.05) is 13.1 Å². The molecular formula is C29H32N4O7S. The fourth-order valence-electron chi connectivity index (χ4n) is 5.36. The predicted molar refractivity (Wildman–Crippen MR) is 152 cm³/mol. The van der Waals surface area contributed by atoms with E-state index in [0.717, 1.165) is 31.4 Å². The molecule has 0 bridgehead atoms. The van der Waals surface area contributed by atoms with Crippen LogP contribution < -0.4 is 10.1 Å². The molecule has 11 nitrogen and oxygen atoms in total. The first-order chi connectivity index (χ1) is 19.8. The first-order valence-electron chi connectivity index (χ1n) is 13.6. The molecule has 0 aromatic heterocycles. The zero-order valence-electron chi connectivity index (χ0n) is 22.7. The second-order valence-electron chi connectivity index (χ2n) is 10.3. The van der Waals surface area contributed by atoms with Crippen LogP contribution in [0.15, 0.2) is 66.0 Å². The minimum absolute atomic E-state index is 0.0558. The van der Waals surface area contributed by atoms with Gasteiger partial charge >= 0.3 is 5.97 Å². The minimum atomic E-state index is -0.786. The van der Waals surface area contributed by atoms with Crippen molar-refractivity contribution >= 4 is 35.2 Å². The van der Waals surface area contributed by atoms with E-state index in [2.05, 4.69) is 10.2 Å². The lowest BCUT2D eigenvalue weighted by Crippen LogP contribution is -2.71. The molecule has 1 aliphatic carbocycles. The van der Waals surface area contributed by atoms with Gasteiger partial charge in [-0.2, -0.15) is 0 Å². The standard InChI is InChI=1S/C29H32N4O7S/c1-31(20-8-4-2-5-9-20)23-18-41-28-25(30-24(34)17-39-22-10-6-3-7-11-22)27(35)32(28)26(23)29(36)40-16-19-12-14-21(15-13-19)33(37)38/h3,6-7,10-15,20,25,28H,2,4-5,8-9,16-18H2,1H3,(H,30,34)/t25-,28+/m1/s1. The number of thioether (sulfide) groups is 1. The molecule has 2 aromatic carbocycles. The highest BCUT2D eigenvalue weighted by Crippen LogP contribution is 2.42. The number of hydrogen-bond donors (Lipinski definition) is 1. The van der Waals surface area contributed by atoms with Gasteiger partial charge in [-0.3, -0.25) is 24.6 Å². The number of amides is 2. The molecule has 2 heterocycles. The van der Waals surface area contributed by atoms with Gasteiger partial charge in [-0.15, -0.1) is 11.8 Å². The highest BCUT2D eigenvalue weighted by molar-refractivity contribution is 8.00. The van der Waals surface area contributed by atoms with Crippen molar-refractivity contribution in [3.63, 3.8) is 0 Å². The highest BCUT2D eigenvalue weighted by Gasteiger charge is 2.55. The maximum absolute atomic E-state index is 13.5. The molecule has 5 rings (SSSR count). The Labute approximate surface area is 242 Å². The molecule has 0 radical (unpaired) electrons.